The molecule has 3 N–H and O–H groups in total. The molecule has 1 amide bonds. The first-order chi connectivity index (χ1) is 9.97. The van der Waals surface area contributed by atoms with Gasteiger partial charge in [-0.25, -0.2) is 0 Å². The Morgan fingerprint density at radius 2 is 2.19 bits per heavy atom. The van der Waals surface area contributed by atoms with Gasteiger partial charge < -0.3 is 15.7 Å². The van der Waals surface area contributed by atoms with Crippen LogP contribution in [0.1, 0.15) is 36.0 Å². The van der Waals surface area contributed by atoms with Crippen molar-refractivity contribution in [3.05, 3.63) is 28.2 Å². The summed E-state index contributed by atoms with van der Waals surface area (Å²) in [5.41, 5.74) is 6.78. The molecule has 6 heteroatoms. The number of nitrogens with zero attached hydrogens (tertiary/aromatic N) is 1. The number of anilines is 1. The van der Waals surface area contributed by atoms with E-state index in [4.69, 9.17) is 10.8 Å². The molecule has 1 heterocycles. The number of carbonyl (C=O) groups excluding carboxylic acids is 1. The zero-order valence-corrected chi connectivity index (χ0v) is 13.3. The van der Waals surface area contributed by atoms with Gasteiger partial charge in [0.25, 0.3) is 0 Å². The van der Waals surface area contributed by atoms with Crippen LogP contribution in [0, 0.1) is 5.92 Å². The topological polar surface area (TPSA) is 83.6 Å². The van der Waals surface area contributed by atoms with Crippen molar-refractivity contribution < 1.29 is 14.7 Å². The number of carboxylic acids is 1. The summed E-state index contributed by atoms with van der Waals surface area (Å²) in [5.74, 6) is -0.781. The van der Waals surface area contributed by atoms with Crippen molar-refractivity contribution in [3.8, 4) is 0 Å². The van der Waals surface area contributed by atoms with Crippen LogP contribution in [0.2, 0.25) is 0 Å². The molecular formula is C15H19BrN2O3. The summed E-state index contributed by atoms with van der Waals surface area (Å²) in [7, 11) is 0. The normalized spacial score (nSPS) is 18.5. The number of halogens is 1. The van der Waals surface area contributed by atoms with Crippen LogP contribution < -0.4 is 10.6 Å². The molecule has 1 aromatic carbocycles. The number of piperidine rings is 1. The number of amides is 1. The quantitative estimate of drug-likeness (QED) is 0.851. The number of benzene rings is 1. The third kappa shape index (κ3) is 4.20. The highest BCUT2D eigenvalue weighted by Crippen LogP contribution is 2.32. The van der Waals surface area contributed by atoms with Gasteiger partial charge in [0.15, 0.2) is 0 Å². The standard InChI is InChI=1S/C15H19BrN2O3/c16-12-8-11(15(17)21)4-5-13(12)18-7-1-2-10(9-18)3-6-14(19)20/h4-5,8,10H,1-3,6-7,9H2,(H2,17,21)(H,19,20). The largest absolute Gasteiger partial charge is 0.481 e. The summed E-state index contributed by atoms with van der Waals surface area (Å²) in [4.78, 5) is 24.1. The SMILES string of the molecule is NC(=O)c1ccc(N2CCCC(CCC(=O)O)C2)c(Br)c1. The molecular weight excluding hydrogens is 336 g/mol. The van der Waals surface area contributed by atoms with E-state index in [0.29, 0.717) is 17.9 Å². The fraction of sp³-hybridized carbons (Fsp3) is 0.467. The summed E-state index contributed by atoms with van der Waals surface area (Å²) >= 11 is 3.49. The highest BCUT2D eigenvalue weighted by Gasteiger charge is 2.22. The van der Waals surface area contributed by atoms with Crippen molar-refractivity contribution in [3.63, 3.8) is 0 Å². The molecule has 1 unspecified atom stereocenters. The summed E-state index contributed by atoms with van der Waals surface area (Å²) in [6, 6.07) is 5.35. The number of carbonyl (C=O) groups is 2. The minimum atomic E-state index is -0.737. The van der Waals surface area contributed by atoms with Gasteiger partial charge in [-0.15, -0.1) is 0 Å². The first-order valence-corrected chi connectivity index (χ1v) is 7.82. The Balaban J connectivity index is 2.07. The van der Waals surface area contributed by atoms with E-state index in [1.807, 2.05) is 6.07 Å². The Bertz CT molecular complexity index is 548. The van der Waals surface area contributed by atoms with E-state index in [1.54, 1.807) is 12.1 Å². The Hall–Kier alpha value is -1.56. The molecule has 5 nitrogen and oxygen atoms in total. The number of hydrogen-bond acceptors (Lipinski definition) is 3. The number of hydrogen-bond donors (Lipinski definition) is 2. The molecule has 0 aromatic heterocycles. The molecule has 0 bridgehead atoms. The number of aliphatic carboxylic acids is 1. The van der Waals surface area contributed by atoms with Gasteiger partial charge in [0, 0.05) is 29.5 Å². The predicted molar refractivity (Wildman–Crippen MR) is 84.5 cm³/mol. The maximum Gasteiger partial charge on any atom is 0.303 e. The minimum absolute atomic E-state index is 0.223. The van der Waals surface area contributed by atoms with Crippen molar-refractivity contribution >= 4 is 33.5 Å². The van der Waals surface area contributed by atoms with Gasteiger partial charge in [0.05, 0.1) is 5.69 Å². The molecule has 1 fully saturated rings. The van der Waals surface area contributed by atoms with Gasteiger partial charge >= 0.3 is 5.97 Å². The van der Waals surface area contributed by atoms with E-state index in [0.717, 1.165) is 36.1 Å². The number of rotatable bonds is 5. The van der Waals surface area contributed by atoms with Gasteiger partial charge in [-0.3, -0.25) is 9.59 Å². The van der Waals surface area contributed by atoms with E-state index in [-0.39, 0.29) is 6.42 Å². The molecule has 114 valence electrons. The lowest BCUT2D eigenvalue weighted by atomic mass is 9.93. The van der Waals surface area contributed by atoms with E-state index >= 15 is 0 Å². The average molecular weight is 355 g/mol. The minimum Gasteiger partial charge on any atom is -0.481 e. The second-order valence-corrected chi connectivity index (χ2v) is 6.27. The van der Waals surface area contributed by atoms with Crippen LogP contribution >= 0.6 is 15.9 Å². The molecule has 1 atom stereocenters. The van der Waals surface area contributed by atoms with Gasteiger partial charge in [0.1, 0.15) is 0 Å². The zero-order chi connectivity index (χ0) is 15.4. The lowest BCUT2D eigenvalue weighted by molar-refractivity contribution is -0.137. The van der Waals surface area contributed by atoms with Crippen molar-refractivity contribution in [1.82, 2.24) is 0 Å². The van der Waals surface area contributed by atoms with Crippen molar-refractivity contribution in [2.24, 2.45) is 11.7 Å². The maximum absolute atomic E-state index is 11.2. The second-order valence-electron chi connectivity index (χ2n) is 5.42. The van der Waals surface area contributed by atoms with Crippen LogP contribution in [0.4, 0.5) is 5.69 Å². The molecule has 0 saturated carbocycles. The summed E-state index contributed by atoms with van der Waals surface area (Å²) < 4.78 is 0.845. The molecule has 1 aliphatic heterocycles. The van der Waals surface area contributed by atoms with E-state index in [9.17, 15) is 9.59 Å². The number of primary amides is 1. The van der Waals surface area contributed by atoms with Crippen molar-refractivity contribution in [2.45, 2.75) is 25.7 Å². The summed E-state index contributed by atoms with van der Waals surface area (Å²) in [6.45, 7) is 1.79. The van der Waals surface area contributed by atoms with Crippen LogP contribution in [-0.4, -0.2) is 30.1 Å². The van der Waals surface area contributed by atoms with Gasteiger partial charge in [-0.2, -0.15) is 0 Å². The fourth-order valence-corrected chi connectivity index (χ4v) is 3.39. The number of nitrogens with two attached hydrogens (primary N) is 1. The molecule has 2 rings (SSSR count). The van der Waals surface area contributed by atoms with Crippen LogP contribution in [0.25, 0.3) is 0 Å². The van der Waals surface area contributed by atoms with Gasteiger partial charge in [-0.05, 0) is 59.3 Å². The summed E-state index contributed by atoms with van der Waals surface area (Å²) in [6.07, 6.45) is 3.05. The monoisotopic (exact) mass is 354 g/mol. The van der Waals surface area contributed by atoms with Crippen LogP contribution in [-0.2, 0) is 4.79 Å². The Kier molecular flexibility index (Phi) is 5.22. The highest BCUT2D eigenvalue weighted by atomic mass is 79.9. The molecule has 0 aliphatic carbocycles. The van der Waals surface area contributed by atoms with Crippen LogP contribution in [0.5, 0.6) is 0 Å². The molecule has 1 aliphatic rings. The van der Waals surface area contributed by atoms with Gasteiger partial charge in [-0.1, -0.05) is 0 Å². The van der Waals surface area contributed by atoms with Crippen molar-refractivity contribution in [1.29, 1.82) is 0 Å². The molecule has 1 saturated heterocycles. The van der Waals surface area contributed by atoms with E-state index in [1.165, 1.54) is 0 Å². The summed E-state index contributed by atoms with van der Waals surface area (Å²) in [5, 5.41) is 8.79. The Morgan fingerprint density at radius 3 is 2.81 bits per heavy atom. The lowest BCUT2D eigenvalue weighted by Gasteiger charge is -2.35. The zero-order valence-electron chi connectivity index (χ0n) is 11.7. The van der Waals surface area contributed by atoms with E-state index in [2.05, 4.69) is 20.8 Å². The lowest BCUT2D eigenvalue weighted by Crippen LogP contribution is -2.35. The van der Waals surface area contributed by atoms with Crippen LogP contribution in [0.15, 0.2) is 22.7 Å². The van der Waals surface area contributed by atoms with Crippen molar-refractivity contribution in [2.75, 3.05) is 18.0 Å². The first-order valence-electron chi connectivity index (χ1n) is 7.03. The maximum atomic E-state index is 11.2. The Labute approximate surface area is 132 Å². The number of carboxylic acid groups (broad SMARTS) is 1. The molecule has 0 spiro atoms. The predicted octanol–water partition coefficient (Wildman–Crippen LogP) is 2.63. The molecule has 1 aromatic rings. The third-order valence-corrected chi connectivity index (χ3v) is 4.49. The molecule has 21 heavy (non-hydrogen) atoms. The Morgan fingerprint density at radius 1 is 1.43 bits per heavy atom. The van der Waals surface area contributed by atoms with Crippen LogP contribution in [0.3, 0.4) is 0 Å². The highest BCUT2D eigenvalue weighted by molar-refractivity contribution is 9.10. The second kappa shape index (κ2) is 6.93. The van der Waals surface area contributed by atoms with E-state index < -0.39 is 11.9 Å². The smallest absolute Gasteiger partial charge is 0.303 e. The third-order valence-electron chi connectivity index (χ3n) is 3.86. The first kappa shape index (κ1) is 15.8. The average Bonchev–Trinajstić information content (AvgIpc) is 2.45. The molecule has 0 radical (unpaired) electrons. The fourth-order valence-electron chi connectivity index (χ4n) is 2.76. The van der Waals surface area contributed by atoms with Gasteiger partial charge in [0.2, 0.25) is 5.91 Å².